The van der Waals surface area contributed by atoms with E-state index in [1.807, 2.05) is 12.1 Å². The normalized spacial score (nSPS) is 10.0. The Morgan fingerprint density at radius 2 is 2.12 bits per heavy atom. The van der Waals surface area contributed by atoms with Crippen molar-refractivity contribution in [2.75, 3.05) is 12.4 Å². The summed E-state index contributed by atoms with van der Waals surface area (Å²) in [6.07, 6.45) is 0. The largest absolute Gasteiger partial charge is 0.495 e. The second-order valence-electron chi connectivity index (χ2n) is 3.25. The molecular formula is C12H10ClNO2S. The number of para-hydroxylation sites is 2. The molecule has 0 radical (unpaired) electrons. The number of halogens is 1. The molecule has 0 aliphatic rings. The minimum Gasteiger partial charge on any atom is -0.495 e. The highest BCUT2D eigenvalue weighted by Gasteiger charge is 2.13. The van der Waals surface area contributed by atoms with E-state index < -0.39 is 0 Å². The minimum atomic E-state index is -0.227. The molecule has 2 rings (SSSR count). The summed E-state index contributed by atoms with van der Waals surface area (Å²) in [7, 11) is 1.56. The Balaban J connectivity index is 2.22. The summed E-state index contributed by atoms with van der Waals surface area (Å²) in [4.78, 5) is 12.4. The van der Waals surface area contributed by atoms with Gasteiger partial charge in [0.2, 0.25) is 0 Å². The number of carbonyl (C=O) groups is 1. The lowest BCUT2D eigenvalue weighted by molar-refractivity contribution is 0.103. The SMILES string of the molecule is COc1ccccc1NC(=O)c1sccc1Cl. The average Bonchev–Trinajstić information content (AvgIpc) is 2.76. The Labute approximate surface area is 108 Å². The molecule has 3 nitrogen and oxygen atoms in total. The Bertz CT molecular complexity index is 539. The van der Waals surface area contributed by atoms with E-state index in [0.717, 1.165) is 0 Å². The maximum atomic E-state index is 11.9. The minimum absolute atomic E-state index is 0.227. The predicted molar refractivity (Wildman–Crippen MR) is 70.3 cm³/mol. The number of hydrogen-bond donors (Lipinski definition) is 1. The molecule has 2 aromatic rings. The van der Waals surface area contributed by atoms with E-state index in [1.54, 1.807) is 30.7 Å². The summed E-state index contributed by atoms with van der Waals surface area (Å²) in [5.41, 5.74) is 0.629. The summed E-state index contributed by atoms with van der Waals surface area (Å²) in [5, 5.41) is 5.00. The van der Waals surface area contributed by atoms with Crippen LogP contribution in [0.4, 0.5) is 5.69 Å². The maximum Gasteiger partial charge on any atom is 0.267 e. The smallest absolute Gasteiger partial charge is 0.267 e. The molecule has 0 spiro atoms. The summed E-state index contributed by atoms with van der Waals surface area (Å²) < 4.78 is 5.15. The van der Waals surface area contributed by atoms with Crippen LogP contribution in [0.3, 0.4) is 0 Å². The van der Waals surface area contributed by atoms with Gasteiger partial charge in [-0.15, -0.1) is 11.3 Å². The first-order chi connectivity index (χ1) is 8.22. The molecule has 1 aromatic heterocycles. The van der Waals surface area contributed by atoms with E-state index in [9.17, 15) is 4.79 Å². The number of amides is 1. The fraction of sp³-hybridized carbons (Fsp3) is 0.0833. The molecule has 17 heavy (non-hydrogen) atoms. The van der Waals surface area contributed by atoms with Crippen molar-refractivity contribution in [2.24, 2.45) is 0 Å². The summed E-state index contributed by atoms with van der Waals surface area (Å²) in [6, 6.07) is 8.92. The van der Waals surface area contributed by atoms with Gasteiger partial charge in [0, 0.05) is 0 Å². The Kier molecular flexibility index (Phi) is 3.66. The van der Waals surface area contributed by atoms with Crippen molar-refractivity contribution in [3.8, 4) is 5.75 Å². The van der Waals surface area contributed by atoms with Crippen molar-refractivity contribution in [3.63, 3.8) is 0 Å². The van der Waals surface area contributed by atoms with Crippen LogP contribution in [0.15, 0.2) is 35.7 Å². The second-order valence-corrected chi connectivity index (χ2v) is 4.58. The van der Waals surface area contributed by atoms with Gasteiger partial charge in [-0.2, -0.15) is 0 Å². The highest BCUT2D eigenvalue weighted by molar-refractivity contribution is 7.12. The predicted octanol–water partition coefficient (Wildman–Crippen LogP) is 3.66. The number of methoxy groups -OCH3 is 1. The fourth-order valence-corrected chi connectivity index (χ4v) is 2.42. The quantitative estimate of drug-likeness (QED) is 0.922. The third-order valence-corrected chi connectivity index (χ3v) is 3.52. The van der Waals surface area contributed by atoms with Crippen LogP contribution in [-0.4, -0.2) is 13.0 Å². The van der Waals surface area contributed by atoms with E-state index in [0.29, 0.717) is 21.3 Å². The van der Waals surface area contributed by atoms with Crippen LogP contribution in [0.5, 0.6) is 5.75 Å². The lowest BCUT2D eigenvalue weighted by Gasteiger charge is -2.08. The molecule has 5 heteroatoms. The number of anilines is 1. The third-order valence-electron chi connectivity index (χ3n) is 2.18. The number of nitrogens with one attached hydrogen (secondary N) is 1. The zero-order chi connectivity index (χ0) is 12.3. The van der Waals surface area contributed by atoms with Crippen LogP contribution in [0.25, 0.3) is 0 Å². The lowest BCUT2D eigenvalue weighted by atomic mass is 10.3. The molecule has 1 amide bonds. The van der Waals surface area contributed by atoms with Crippen LogP contribution >= 0.6 is 22.9 Å². The molecule has 0 bridgehead atoms. The summed E-state index contributed by atoms with van der Waals surface area (Å²) >= 11 is 7.20. The fourth-order valence-electron chi connectivity index (χ4n) is 1.38. The summed E-state index contributed by atoms with van der Waals surface area (Å²) in [6.45, 7) is 0. The van der Waals surface area contributed by atoms with Gasteiger partial charge in [0.15, 0.2) is 0 Å². The topological polar surface area (TPSA) is 38.3 Å². The van der Waals surface area contributed by atoms with Crippen molar-refractivity contribution < 1.29 is 9.53 Å². The lowest BCUT2D eigenvalue weighted by Crippen LogP contribution is -2.11. The van der Waals surface area contributed by atoms with Gasteiger partial charge in [-0.1, -0.05) is 23.7 Å². The molecule has 0 saturated carbocycles. The first kappa shape index (κ1) is 12.0. The van der Waals surface area contributed by atoms with E-state index in [4.69, 9.17) is 16.3 Å². The van der Waals surface area contributed by atoms with Crippen molar-refractivity contribution in [3.05, 3.63) is 45.6 Å². The molecule has 0 aliphatic heterocycles. The number of benzene rings is 1. The van der Waals surface area contributed by atoms with E-state index in [-0.39, 0.29) is 5.91 Å². The van der Waals surface area contributed by atoms with Gasteiger partial charge in [-0.25, -0.2) is 0 Å². The van der Waals surface area contributed by atoms with Gasteiger partial charge in [-0.05, 0) is 23.6 Å². The maximum absolute atomic E-state index is 11.9. The van der Waals surface area contributed by atoms with Gasteiger partial charge >= 0.3 is 0 Å². The standard InChI is InChI=1S/C12H10ClNO2S/c1-16-10-5-3-2-4-9(10)14-12(15)11-8(13)6-7-17-11/h2-7H,1H3,(H,14,15). The first-order valence-electron chi connectivity index (χ1n) is 4.89. The third kappa shape index (κ3) is 2.60. The molecule has 0 unspecified atom stereocenters. The molecule has 1 aromatic carbocycles. The van der Waals surface area contributed by atoms with Crippen molar-refractivity contribution in [1.82, 2.24) is 0 Å². The zero-order valence-electron chi connectivity index (χ0n) is 9.07. The van der Waals surface area contributed by atoms with Crippen LogP contribution in [0, 0.1) is 0 Å². The summed E-state index contributed by atoms with van der Waals surface area (Å²) in [5.74, 6) is 0.392. The van der Waals surface area contributed by atoms with Gasteiger partial charge in [0.1, 0.15) is 10.6 Å². The Morgan fingerprint density at radius 3 is 2.76 bits per heavy atom. The monoisotopic (exact) mass is 267 g/mol. The number of thiophene rings is 1. The molecule has 0 saturated heterocycles. The highest BCUT2D eigenvalue weighted by Crippen LogP contribution is 2.27. The zero-order valence-corrected chi connectivity index (χ0v) is 10.6. The molecule has 0 aliphatic carbocycles. The van der Waals surface area contributed by atoms with Gasteiger partial charge in [0.25, 0.3) is 5.91 Å². The highest BCUT2D eigenvalue weighted by atomic mass is 35.5. The molecule has 0 fully saturated rings. The van der Waals surface area contributed by atoms with Crippen LogP contribution < -0.4 is 10.1 Å². The first-order valence-corrected chi connectivity index (χ1v) is 6.15. The van der Waals surface area contributed by atoms with Gasteiger partial charge < -0.3 is 10.1 Å². The van der Waals surface area contributed by atoms with E-state index in [1.165, 1.54) is 11.3 Å². The molecule has 88 valence electrons. The van der Waals surface area contributed by atoms with Crippen LogP contribution in [-0.2, 0) is 0 Å². The number of carbonyl (C=O) groups excluding carboxylic acids is 1. The van der Waals surface area contributed by atoms with Crippen molar-refractivity contribution >= 4 is 34.5 Å². The molecule has 0 atom stereocenters. The van der Waals surface area contributed by atoms with E-state index in [2.05, 4.69) is 5.32 Å². The van der Waals surface area contributed by atoms with Crippen LogP contribution in [0.1, 0.15) is 9.67 Å². The van der Waals surface area contributed by atoms with Gasteiger partial charge in [0.05, 0.1) is 17.8 Å². The molecule has 1 heterocycles. The number of hydrogen-bond acceptors (Lipinski definition) is 3. The number of rotatable bonds is 3. The average molecular weight is 268 g/mol. The van der Waals surface area contributed by atoms with E-state index >= 15 is 0 Å². The van der Waals surface area contributed by atoms with Gasteiger partial charge in [-0.3, -0.25) is 4.79 Å². The Morgan fingerprint density at radius 1 is 1.35 bits per heavy atom. The number of ether oxygens (including phenoxy) is 1. The Hall–Kier alpha value is -1.52. The van der Waals surface area contributed by atoms with Crippen LogP contribution in [0.2, 0.25) is 5.02 Å². The second kappa shape index (κ2) is 5.21. The van der Waals surface area contributed by atoms with Crippen molar-refractivity contribution in [1.29, 1.82) is 0 Å². The molecule has 1 N–H and O–H groups in total. The van der Waals surface area contributed by atoms with Crippen molar-refractivity contribution in [2.45, 2.75) is 0 Å². The molecular weight excluding hydrogens is 258 g/mol.